The molecule has 0 fully saturated rings. The second-order valence-electron chi connectivity index (χ2n) is 5.76. The van der Waals surface area contributed by atoms with Crippen LogP contribution in [0.4, 0.5) is 0 Å². The minimum atomic E-state index is 0.280. The second-order valence-corrected chi connectivity index (χ2v) is 5.76. The third kappa shape index (κ3) is 2.73. The Balaban J connectivity index is 1.78. The number of fused-ring (bicyclic) bond motifs is 1. The number of hydrogen-bond acceptors (Lipinski definition) is 3. The summed E-state index contributed by atoms with van der Waals surface area (Å²) in [5, 5.41) is 3.36. The van der Waals surface area contributed by atoms with Gasteiger partial charge in [-0.1, -0.05) is 13.8 Å². The van der Waals surface area contributed by atoms with Gasteiger partial charge in [0.15, 0.2) is 0 Å². The monoisotopic (exact) mass is 271 g/mol. The Bertz CT molecular complexity index is 601. The predicted molar refractivity (Wildman–Crippen MR) is 79.9 cm³/mol. The van der Waals surface area contributed by atoms with Crippen molar-refractivity contribution in [2.24, 2.45) is 0 Å². The van der Waals surface area contributed by atoms with E-state index < -0.39 is 0 Å². The number of nitrogens with one attached hydrogen (secondary N) is 1. The molecule has 1 aliphatic rings. The van der Waals surface area contributed by atoms with Gasteiger partial charge < -0.3 is 14.5 Å². The van der Waals surface area contributed by atoms with Crippen molar-refractivity contribution in [2.45, 2.75) is 45.9 Å². The maximum absolute atomic E-state index is 5.90. The van der Waals surface area contributed by atoms with E-state index in [0.29, 0.717) is 6.04 Å². The topological polar surface area (TPSA) is 34.4 Å². The van der Waals surface area contributed by atoms with E-state index in [4.69, 9.17) is 9.15 Å². The summed E-state index contributed by atoms with van der Waals surface area (Å²) in [6.45, 7) is 7.13. The lowest BCUT2D eigenvalue weighted by atomic mass is 10.1. The molecule has 3 nitrogen and oxygen atoms in total. The molecule has 0 saturated heterocycles. The van der Waals surface area contributed by atoms with Crippen LogP contribution in [0.5, 0.6) is 5.75 Å². The Labute approximate surface area is 119 Å². The first-order valence-electron chi connectivity index (χ1n) is 7.24. The van der Waals surface area contributed by atoms with Crippen LogP contribution < -0.4 is 10.1 Å². The molecular weight excluding hydrogens is 250 g/mol. The van der Waals surface area contributed by atoms with Gasteiger partial charge in [0.2, 0.25) is 0 Å². The van der Waals surface area contributed by atoms with Crippen LogP contribution in [-0.4, -0.2) is 12.1 Å². The van der Waals surface area contributed by atoms with E-state index in [-0.39, 0.29) is 6.10 Å². The lowest BCUT2D eigenvalue weighted by Crippen LogP contribution is -2.21. The molecule has 0 amide bonds. The molecule has 1 aliphatic heterocycles. The Morgan fingerprint density at radius 1 is 1.25 bits per heavy atom. The molecule has 0 aliphatic carbocycles. The first-order valence-corrected chi connectivity index (χ1v) is 7.24. The summed E-state index contributed by atoms with van der Waals surface area (Å²) in [4.78, 5) is 0. The molecule has 0 bridgehead atoms. The highest BCUT2D eigenvalue weighted by molar-refractivity contribution is 5.61. The maximum atomic E-state index is 5.90. The van der Waals surface area contributed by atoms with Gasteiger partial charge in [-0.15, -0.1) is 0 Å². The number of furan rings is 1. The first-order chi connectivity index (χ1) is 9.61. The van der Waals surface area contributed by atoms with Gasteiger partial charge in [-0.25, -0.2) is 0 Å². The molecule has 1 unspecified atom stereocenters. The van der Waals surface area contributed by atoms with Crippen molar-refractivity contribution in [3.8, 4) is 17.1 Å². The molecule has 20 heavy (non-hydrogen) atoms. The fourth-order valence-electron chi connectivity index (χ4n) is 2.51. The summed E-state index contributed by atoms with van der Waals surface area (Å²) in [5.74, 6) is 2.90. The average molecular weight is 271 g/mol. The van der Waals surface area contributed by atoms with E-state index in [9.17, 15) is 0 Å². The van der Waals surface area contributed by atoms with Gasteiger partial charge in [0, 0.05) is 18.0 Å². The molecule has 1 aromatic carbocycles. The van der Waals surface area contributed by atoms with Gasteiger partial charge in [-0.3, -0.25) is 0 Å². The van der Waals surface area contributed by atoms with Crippen molar-refractivity contribution < 1.29 is 9.15 Å². The Morgan fingerprint density at radius 3 is 2.90 bits per heavy atom. The molecule has 3 heteroatoms. The minimum Gasteiger partial charge on any atom is -0.490 e. The Morgan fingerprint density at radius 2 is 2.10 bits per heavy atom. The Kier molecular flexibility index (Phi) is 3.53. The highest BCUT2D eigenvalue weighted by Crippen LogP contribution is 2.33. The minimum absolute atomic E-state index is 0.280. The summed E-state index contributed by atoms with van der Waals surface area (Å²) in [6, 6.07) is 10.8. The molecular formula is C17H21NO2. The van der Waals surface area contributed by atoms with Crippen LogP contribution in [-0.2, 0) is 13.0 Å². The highest BCUT2D eigenvalue weighted by Gasteiger charge is 2.19. The van der Waals surface area contributed by atoms with Crippen LogP contribution in [0.3, 0.4) is 0 Å². The molecule has 106 valence electrons. The summed E-state index contributed by atoms with van der Waals surface area (Å²) < 4.78 is 11.6. The van der Waals surface area contributed by atoms with Gasteiger partial charge in [0.05, 0.1) is 6.54 Å². The van der Waals surface area contributed by atoms with Crippen LogP contribution in [0.15, 0.2) is 34.7 Å². The SMILES string of the molecule is CC(C)NCc1ccc(-c2ccc3c(c2)CC(C)O3)o1. The zero-order valence-electron chi connectivity index (χ0n) is 12.3. The molecule has 0 saturated carbocycles. The molecule has 1 N–H and O–H groups in total. The lowest BCUT2D eigenvalue weighted by molar-refractivity contribution is 0.254. The van der Waals surface area contributed by atoms with Crippen molar-refractivity contribution in [3.05, 3.63) is 41.7 Å². The number of hydrogen-bond donors (Lipinski definition) is 1. The van der Waals surface area contributed by atoms with E-state index >= 15 is 0 Å². The molecule has 2 aromatic rings. The van der Waals surface area contributed by atoms with Crippen molar-refractivity contribution in [1.82, 2.24) is 5.32 Å². The van der Waals surface area contributed by atoms with Gasteiger partial charge in [-0.05, 0) is 42.8 Å². The maximum Gasteiger partial charge on any atom is 0.134 e. The number of ether oxygens (including phenoxy) is 1. The van der Waals surface area contributed by atoms with Crippen LogP contribution in [0, 0.1) is 0 Å². The van der Waals surface area contributed by atoms with Gasteiger partial charge in [-0.2, -0.15) is 0 Å². The average Bonchev–Trinajstić information content (AvgIpc) is 3.00. The van der Waals surface area contributed by atoms with E-state index in [0.717, 1.165) is 35.8 Å². The standard InChI is InChI=1S/C17H21NO2/c1-11(2)18-10-15-5-7-16(20-15)13-4-6-17-14(9-13)8-12(3)19-17/h4-7,9,11-12,18H,8,10H2,1-3H3. The third-order valence-corrected chi connectivity index (χ3v) is 3.53. The van der Waals surface area contributed by atoms with E-state index in [1.165, 1.54) is 5.56 Å². The summed E-state index contributed by atoms with van der Waals surface area (Å²) in [5.41, 5.74) is 2.39. The Hall–Kier alpha value is -1.74. The van der Waals surface area contributed by atoms with E-state index in [1.807, 2.05) is 18.2 Å². The number of benzene rings is 1. The smallest absolute Gasteiger partial charge is 0.134 e. The third-order valence-electron chi connectivity index (χ3n) is 3.53. The highest BCUT2D eigenvalue weighted by atomic mass is 16.5. The van der Waals surface area contributed by atoms with Crippen molar-refractivity contribution in [3.63, 3.8) is 0 Å². The van der Waals surface area contributed by atoms with Crippen LogP contribution >= 0.6 is 0 Å². The van der Waals surface area contributed by atoms with Gasteiger partial charge >= 0.3 is 0 Å². The summed E-state index contributed by atoms with van der Waals surface area (Å²) in [7, 11) is 0. The predicted octanol–water partition coefficient (Wildman–Crippen LogP) is 3.77. The summed E-state index contributed by atoms with van der Waals surface area (Å²) >= 11 is 0. The summed E-state index contributed by atoms with van der Waals surface area (Å²) in [6.07, 6.45) is 1.26. The second kappa shape index (κ2) is 5.33. The normalized spacial score (nSPS) is 17.3. The van der Waals surface area contributed by atoms with Crippen molar-refractivity contribution in [1.29, 1.82) is 0 Å². The largest absolute Gasteiger partial charge is 0.490 e. The quantitative estimate of drug-likeness (QED) is 0.919. The first kappa shape index (κ1) is 13.3. The molecule has 1 atom stereocenters. The van der Waals surface area contributed by atoms with Crippen molar-refractivity contribution >= 4 is 0 Å². The zero-order chi connectivity index (χ0) is 14.1. The zero-order valence-corrected chi connectivity index (χ0v) is 12.3. The van der Waals surface area contributed by atoms with E-state index in [2.05, 4.69) is 38.2 Å². The van der Waals surface area contributed by atoms with E-state index in [1.54, 1.807) is 0 Å². The fraction of sp³-hybridized carbons (Fsp3) is 0.412. The van der Waals surface area contributed by atoms with Crippen LogP contribution in [0.1, 0.15) is 32.1 Å². The molecule has 0 spiro atoms. The number of rotatable bonds is 4. The van der Waals surface area contributed by atoms with Gasteiger partial charge in [0.1, 0.15) is 23.4 Å². The van der Waals surface area contributed by atoms with Crippen LogP contribution in [0.2, 0.25) is 0 Å². The van der Waals surface area contributed by atoms with Gasteiger partial charge in [0.25, 0.3) is 0 Å². The van der Waals surface area contributed by atoms with Crippen molar-refractivity contribution in [2.75, 3.05) is 0 Å². The fourth-order valence-corrected chi connectivity index (χ4v) is 2.51. The van der Waals surface area contributed by atoms with Crippen LogP contribution in [0.25, 0.3) is 11.3 Å². The molecule has 3 rings (SSSR count). The molecule has 0 radical (unpaired) electrons. The molecule has 1 aromatic heterocycles. The lowest BCUT2D eigenvalue weighted by Gasteiger charge is -2.05. The molecule has 2 heterocycles.